The second-order valence-electron chi connectivity index (χ2n) is 4.52. The fourth-order valence-corrected chi connectivity index (χ4v) is 2.14. The maximum absolute atomic E-state index is 12.2. The number of carboxylic acid groups (broad SMARTS) is 1. The van der Waals surface area contributed by atoms with Gasteiger partial charge in [0.05, 0.1) is 13.0 Å². The number of carbonyl (C=O) groups excluding carboxylic acids is 3. The molecule has 20 heavy (non-hydrogen) atoms. The lowest BCUT2D eigenvalue weighted by Gasteiger charge is -2.26. The van der Waals surface area contributed by atoms with Crippen LogP contribution < -0.4 is 16.8 Å². The van der Waals surface area contributed by atoms with Crippen LogP contribution in [0.4, 0.5) is 0 Å². The number of nitrogens with zero attached hydrogens (tertiary/aromatic N) is 1. The zero-order valence-electron chi connectivity index (χ0n) is 10.9. The van der Waals surface area contributed by atoms with Crippen molar-refractivity contribution in [2.24, 2.45) is 11.5 Å². The van der Waals surface area contributed by atoms with Gasteiger partial charge in [-0.25, -0.2) is 4.79 Å². The summed E-state index contributed by atoms with van der Waals surface area (Å²) in [6.45, 7) is -0.0749. The first-order valence-electron chi connectivity index (χ1n) is 6.17. The van der Waals surface area contributed by atoms with Gasteiger partial charge in [0.25, 0.3) is 0 Å². The Morgan fingerprint density at radius 3 is 2.50 bits per heavy atom. The van der Waals surface area contributed by atoms with Gasteiger partial charge in [0.1, 0.15) is 12.1 Å². The average Bonchev–Trinajstić information content (AvgIpc) is 2.85. The number of carboxylic acids is 1. The molecule has 6 N–H and O–H groups in total. The van der Waals surface area contributed by atoms with E-state index in [1.54, 1.807) is 0 Å². The third-order valence-electron chi connectivity index (χ3n) is 3.04. The summed E-state index contributed by atoms with van der Waals surface area (Å²) in [5.74, 6) is -3.13. The number of rotatable bonds is 6. The van der Waals surface area contributed by atoms with Gasteiger partial charge in [-0.3, -0.25) is 14.4 Å². The van der Waals surface area contributed by atoms with Crippen molar-refractivity contribution in [2.45, 2.75) is 31.3 Å². The molecule has 2 unspecified atom stereocenters. The number of nitrogens with one attached hydrogen (secondary N) is 1. The van der Waals surface area contributed by atoms with Crippen LogP contribution in [0.1, 0.15) is 19.3 Å². The fourth-order valence-electron chi connectivity index (χ4n) is 2.14. The Morgan fingerprint density at radius 1 is 1.35 bits per heavy atom. The van der Waals surface area contributed by atoms with E-state index in [2.05, 4.69) is 5.32 Å². The molecule has 0 bridgehead atoms. The Labute approximate surface area is 115 Å². The highest BCUT2D eigenvalue weighted by atomic mass is 16.4. The van der Waals surface area contributed by atoms with Gasteiger partial charge >= 0.3 is 5.97 Å². The van der Waals surface area contributed by atoms with Gasteiger partial charge < -0.3 is 26.8 Å². The van der Waals surface area contributed by atoms with Crippen molar-refractivity contribution in [3.8, 4) is 0 Å². The number of nitrogens with two attached hydrogens (primary N) is 2. The number of hydrogen-bond donors (Lipinski definition) is 4. The predicted octanol–water partition coefficient (Wildman–Crippen LogP) is -2.62. The van der Waals surface area contributed by atoms with Crippen molar-refractivity contribution in [1.82, 2.24) is 10.2 Å². The Bertz CT molecular complexity index is 425. The minimum Gasteiger partial charge on any atom is -0.480 e. The summed E-state index contributed by atoms with van der Waals surface area (Å²) in [6.07, 6.45) is 0.499. The van der Waals surface area contributed by atoms with Crippen LogP contribution in [0.2, 0.25) is 0 Å². The molecule has 0 radical (unpaired) electrons. The minimum absolute atomic E-state index is 0.267. The van der Waals surface area contributed by atoms with Crippen LogP contribution in [-0.4, -0.2) is 58.9 Å². The standard InChI is InChI=1S/C11H18N4O5/c12-5-9(17)14-6(4-8(13)16)10(18)15-3-1-2-7(15)11(19)20/h6-7H,1-5,12H2,(H2,13,16)(H,14,17)(H,19,20). The van der Waals surface area contributed by atoms with Crippen molar-refractivity contribution in [3.63, 3.8) is 0 Å². The maximum atomic E-state index is 12.2. The molecule has 1 saturated heterocycles. The summed E-state index contributed by atoms with van der Waals surface area (Å²) in [7, 11) is 0. The van der Waals surface area contributed by atoms with Crippen LogP contribution in [0.15, 0.2) is 0 Å². The van der Waals surface area contributed by atoms with Gasteiger partial charge in [-0.1, -0.05) is 0 Å². The van der Waals surface area contributed by atoms with Gasteiger partial charge in [-0.05, 0) is 12.8 Å². The number of primary amides is 1. The number of hydrogen-bond acceptors (Lipinski definition) is 5. The van der Waals surface area contributed by atoms with Crippen LogP contribution >= 0.6 is 0 Å². The summed E-state index contributed by atoms with van der Waals surface area (Å²) in [6, 6.07) is -2.11. The molecule has 1 aliphatic heterocycles. The van der Waals surface area contributed by atoms with Crippen molar-refractivity contribution >= 4 is 23.7 Å². The Kier molecular flexibility index (Phi) is 5.44. The van der Waals surface area contributed by atoms with E-state index >= 15 is 0 Å². The topological polar surface area (TPSA) is 156 Å². The smallest absolute Gasteiger partial charge is 0.326 e. The number of carbonyl (C=O) groups is 4. The maximum Gasteiger partial charge on any atom is 0.326 e. The molecule has 0 aromatic carbocycles. The van der Waals surface area contributed by atoms with Gasteiger partial charge in [-0.2, -0.15) is 0 Å². The first-order valence-corrected chi connectivity index (χ1v) is 6.17. The molecule has 3 amide bonds. The zero-order valence-corrected chi connectivity index (χ0v) is 10.9. The lowest BCUT2D eigenvalue weighted by Crippen LogP contribution is -2.53. The average molecular weight is 286 g/mol. The summed E-state index contributed by atoms with van der Waals surface area (Å²) >= 11 is 0. The molecule has 1 heterocycles. The van der Waals surface area contributed by atoms with E-state index in [1.807, 2.05) is 0 Å². The van der Waals surface area contributed by atoms with E-state index in [4.69, 9.17) is 16.6 Å². The number of amides is 3. The minimum atomic E-state index is -1.18. The molecule has 0 aromatic heterocycles. The van der Waals surface area contributed by atoms with E-state index < -0.39 is 42.2 Å². The molecule has 2 atom stereocenters. The van der Waals surface area contributed by atoms with Crippen LogP contribution in [0.5, 0.6) is 0 Å². The Balaban J connectivity index is 2.83. The fraction of sp³-hybridized carbons (Fsp3) is 0.636. The van der Waals surface area contributed by atoms with Gasteiger partial charge in [-0.15, -0.1) is 0 Å². The summed E-state index contributed by atoms with van der Waals surface area (Å²) in [5.41, 5.74) is 10.2. The number of likely N-dealkylation sites (tertiary alicyclic amines) is 1. The normalized spacial score (nSPS) is 19.4. The highest BCUT2D eigenvalue weighted by molar-refractivity contribution is 5.94. The lowest BCUT2D eigenvalue weighted by molar-refractivity contribution is -0.149. The first-order chi connectivity index (χ1) is 9.36. The molecular formula is C11H18N4O5. The zero-order chi connectivity index (χ0) is 15.3. The van der Waals surface area contributed by atoms with Gasteiger partial charge in [0, 0.05) is 6.54 Å². The van der Waals surface area contributed by atoms with Crippen LogP contribution in [0.25, 0.3) is 0 Å². The van der Waals surface area contributed by atoms with E-state index in [-0.39, 0.29) is 13.1 Å². The molecular weight excluding hydrogens is 268 g/mol. The molecule has 112 valence electrons. The highest BCUT2D eigenvalue weighted by Crippen LogP contribution is 2.19. The van der Waals surface area contributed by atoms with Crippen molar-refractivity contribution in [1.29, 1.82) is 0 Å². The Hall–Kier alpha value is -2.16. The molecule has 0 spiro atoms. The third kappa shape index (κ3) is 3.92. The molecule has 9 nitrogen and oxygen atoms in total. The SMILES string of the molecule is NCC(=O)NC(CC(N)=O)C(=O)N1CCCC1C(=O)O. The van der Waals surface area contributed by atoms with E-state index in [9.17, 15) is 19.2 Å². The second kappa shape index (κ2) is 6.85. The second-order valence-corrected chi connectivity index (χ2v) is 4.52. The molecule has 1 aliphatic rings. The van der Waals surface area contributed by atoms with Crippen LogP contribution in [0, 0.1) is 0 Å². The number of aliphatic carboxylic acids is 1. The summed E-state index contributed by atoms with van der Waals surface area (Å²) in [5, 5.41) is 11.3. The quantitative estimate of drug-likeness (QED) is 0.419. The molecule has 9 heteroatoms. The highest BCUT2D eigenvalue weighted by Gasteiger charge is 2.37. The summed E-state index contributed by atoms with van der Waals surface area (Å²) < 4.78 is 0. The van der Waals surface area contributed by atoms with Crippen molar-refractivity contribution in [2.75, 3.05) is 13.1 Å². The van der Waals surface area contributed by atoms with E-state index in [0.29, 0.717) is 12.8 Å². The van der Waals surface area contributed by atoms with Gasteiger partial charge in [0.15, 0.2) is 0 Å². The van der Waals surface area contributed by atoms with E-state index in [1.165, 1.54) is 0 Å². The van der Waals surface area contributed by atoms with Crippen LogP contribution in [-0.2, 0) is 19.2 Å². The molecule has 0 aromatic rings. The molecule has 0 saturated carbocycles. The largest absolute Gasteiger partial charge is 0.480 e. The first kappa shape index (κ1) is 15.9. The summed E-state index contributed by atoms with van der Waals surface area (Å²) in [4.78, 5) is 46.7. The Morgan fingerprint density at radius 2 is 2.00 bits per heavy atom. The van der Waals surface area contributed by atoms with E-state index in [0.717, 1.165) is 4.90 Å². The van der Waals surface area contributed by atoms with Crippen molar-refractivity contribution < 1.29 is 24.3 Å². The molecule has 0 aliphatic carbocycles. The monoisotopic (exact) mass is 286 g/mol. The van der Waals surface area contributed by atoms with Gasteiger partial charge in [0.2, 0.25) is 17.7 Å². The lowest BCUT2D eigenvalue weighted by atomic mass is 10.1. The van der Waals surface area contributed by atoms with Crippen molar-refractivity contribution in [3.05, 3.63) is 0 Å². The van der Waals surface area contributed by atoms with Crippen LogP contribution in [0.3, 0.4) is 0 Å². The molecule has 1 rings (SSSR count). The predicted molar refractivity (Wildman–Crippen MR) is 67.2 cm³/mol. The molecule has 1 fully saturated rings. The third-order valence-corrected chi connectivity index (χ3v) is 3.04.